The number of amides is 1. The van der Waals surface area contributed by atoms with Gasteiger partial charge < -0.3 is 14.1 Å². The number of hydrogen-bond acceptors (Lipinski definition) is 7. The van der Waals surface area contributed by atoms with Gasteiger partial charge in [0.15, 0.2) is 16.4 Å². The summed E-state index contributed by atoms with van der Waals surface area (Å²) in [7, 11) is -3.03. The summed E-state index contributed by atoms with van der Waals surface area (Å²) in [4.78, 5) is 14.4. The molecule has 1 saturated carbocycles. The topological polar surface area (TPSA) is 103 Å². The van der Waals surface area contributed by atoms with Crippen molar-refractivity contribution >= 4 is 15.7 Å². The molecule has 1 aromatic carbocycles. The van der Waals surface area contributed by atoms with E-state index in [1.165, 1.54) is 6.39 Å². The van der Waals surface area contributed by atoms with Gasteiger partial charge in [-0.15, -0.1) is 10.2 Å². The number of carbonyl (C=O) groups excluding carboxylic acids is 1. The molecule has 2 heterocycles. The summed E-state index contributed by atoms with van der Waals surface area (Å²) in [6.45, 7) is -0.104. The molecule has 1 aliphatic carbocycles. The summed E-state index contributed by atoms with van der Waals surface area (Å²) in [5.74, 6) is 1.03. The SMILES string of the molecule is O=C(COc1ccc(-c2nnco2)cc1)N(C1CC1)[C@H]1CCS(=O)(=O)C1. The zero-order valence-corrected chi connectivity index (χ0v) is 14.9. The lowest BCUT2D eigenvalue weighted by Gasteiger charge is -2.28. The number of carbonyl (C=O) groups is 1. The van der Waals surface area contributed by atoms with E-state index in [1.54, 1.807) is 29.2 Å². The fourth-order valence-corrected chi connectivity index (χ4v) is 4.98. The van der Waals surface area contributed by atoms with Crippen LogP contribution in [0.2, 0.25) is 0 Å². The zero-order valence-electron chi connectivity index (χ0n) is 14.1. The van der Waals surface area contributed by atoms with Crippen molar-refractivity contribution in [1.82, 2.24) is 15.1 Å². The number of nitrogens with zero attached hydrogens (tertiary/aromatic N) is 3. The first-order valence-electron chi connectivity index (χ1n) is 8.53. The zero-order chi connectivity index (χ0) is 18.1. The number of sulfone groups is 1. The Balaban J connectivity index is 1.38. The summed E-state index contributed by atoms with van der Waals surface area (Å²) in [5.41, 5.74) is 0.761. The molecule has 2 fully saturated rings. The van der Waals surface area contributed by atoms with Gasteiger partial charge in [0, 0.05) is 17.6 Å². The first kappa shape index (κ1) is 17.0. The molecule has 8 nitrogen and oxygen atoms in total. The van der Waals surface area contributed by atoms with Gasteiger partial charge in [-0.1, -0.05) is 0 Å². The van der Waals surface area contributed by atoms with E-state index in [0.717, 1.165) is 18.4 Å². The van der Waals surface area contributed by atoms with Crippen LogP contribution in [0.3, 0.4) is 0 Å². The van der Waals surface area contributed by atoms with Gasteiger partial charge >= 0.3 is 0 Å². The second kappa shape index (κ2) is 6.71. The third-order valence-electron chi connectivity index (χ3n) is 4.65. The molecule has 2 aliphatic rings. The van der Waals surface area contributed by atoms with Crippen LogP contribution in [0, 0.1) is 0 Å². The monoisotopic (exact) mass is 377 g/mol. The lowest BCUT2D eigenvalue weighted by molar-refractivity contribution is -0.135. The number of rotatable bonds is 6. The molecule has 4 rings (SSSR count). The first-order chi connectivity index (χ1) is 12.5. The molecule has 9 heteroatoms. The minimum Gasteiger partial charge on any atom is -0.484 e. The Labute approximate surface area is 151 Å². The smallest absolute Gasteiger partial charge is 0.261 e. The van der Waals surface area contributed by atoms with Gasteiger partial charge in [0.05, 0.1) is 11.5 Å². The Bertz CT molecular complexity index is 876. The van der Waals surface area contributed by atoms with Crippen molar-refractivity contribution < 1.29 is 22.4 Å². The predicted octanol–water partition coefficient (Wildman–Crippen LogP) is 1.29. The quantitative estimate of drug-likeness (QED) is 0.747. The molecule has 0 unspecified atom stereocenters. The molecule has 26 heavy (non-hydrogen) atoms. The molecule has 1 saturated heterocycles. The van der Waals surface area contributed by atoms with Gasteiger partial charge in [0.25, 0.3) is 5.91 Å². The van der Waals surface area contributed by atoms with Gasteiger partial charge in [-0.25, -0.2) is 8.42 Å². The van der Waals surface area contributed by atoms with Crippen LogP contribution in [-0.4, -0.2) is 59.6 Å². The van der Waals surface area contributed by atoms with E-state index in [9.17, 15) is 13.2 Å². The van der Waals surface area contributed by atoms with E-state index in [1.807, 2.05) is 0 Å². The van der Waals surface area contributed by atoms with Crippen LogP contribution in [0.4, 0.5) is 0 Å². The largest absolute Gasteiger partial charge is 0.484 e. The van der Waals surface area contributed by atoms with Crippen molar-refractivity contribution in [2.45, 2.75) is 31.3 Å². The van der Waals surface area contributed by atoms with Gasteiger partial charge in [0.1, 0.15) is 5.75 Å². The van der Waals surface area contributed by atoms with Crippen LogP contribution in [0.5, 0.6) is 5.75 Å². The Kier molecular flexibility index (Phi) is 4.39. The summed E-state index contributed by atoms with van der Waals surface area (Å²) in [5, 5.41) is 7.46. The molecule has 1 amide bonds. The van der Waals surface area contributed by atoms with E-state index < -0.39 is 9.84 Å². The molecule has 1 atom stereocenters. The molecule has 0 radical (unpaired) electrons. The first-order valence-corrected chi connectivity index (χ1v) is 10.3. The van der Waals surface area contributed by atoms with Crippen LogP contribution in [-0.2, 0) is 14.6 Å². The lowest BCUT2D eigenvalue weighted by Crippen LogP contribution is -2.45. The van der Waals surface area contributed by atoms with Crippen molar-refractivity contribution in [1.29, 1.82) is 0 Å². The van der Waals surface area contributed by atoms with Crippen LogP contribution >= 0.6 is 0 Å². The summed E-state index contributed by atoms with van der Waals surface area (Å²) in [6, 6.07) is 6.95. The van der Waals surface area contributed by atoms with Crippen LogP contribution in [0.25, 0.3) is 11.5 Å². The third-order valence-corrected chi connectivity index (χ3v) is 6.40. The van der Waals surface area contributed by atoms with Crippen molar-refractivity contribution in [3.8, 4) is 17.2 Å². The Morgan fingerprint density at radius 2 is 1.96 bits per heavy atom. The molecule has 1 aliphatic heterocycles. The maximum absolute atomic E-state index is 12.6. The fraction of sp³-hybridized carbons (Fsp3) is 0.471. The average molecular weight is 377 g/mol. The fourth-order valence-electron chi connectivity index (χ4n) is 3.27. The van der Waals surface area contributed by atoms with Gasteiger partial charge in [0.2, 0.25) is 12.3 Å². The minimum atomic E-state index is -3.03. The van der Waals surface area contributed by atoms with E-state index in [-0.39, 0.29) is 36.1 Å². The second-order valence-corrected chi connectivity index (χ2v) is 8.87. The highest BCUT2D eigenvalue weighted by atomic mass is 32.2. The molecule has 0 bridgehead atoms. The van der Waals surface area contributed by atoms with Gasteiger partial charge in [-0.2, -0.15) is 0 Å². The van der Waals surface area contributed by atoms with Crippen LogP contribution in [0.1, 0.15) is 19.3 Å². The molecule has 1 aromatic heterocycles. The Morgan fingerprint density at radius 1 is 1.19 bits per heavy atom. The highest BCUT2D eigenvalue weighted by molar-refractivity contribution is 7.91. The highest BCUT2D eigenvalue weighted by Gasteiger charge is 2.42. The van der Waals surface area contributed by atoms with Crippen molar-refractivity contribution in [3.63, 3.8) is 0 Å². The Morgan fingerprint density at radius 3 is 2.54 bits per heavy atom. The predicted molar refractivity (Wildman–Crippen MR) is 92.2 cm³/mol. The van der Waals surface area contributed by atoms with Gasteiger partial charge in [-0.3, -0.25) is 4.79 Å². The summed E-state index contributed by atoms with van der Waals surface area (Å²) < 4.78 is 34.2. The minimum absolute atomic E-state index is 0.0636. The molecule has 2 aromatic rings. The Hall–Kier alpha value is -2.42. The summed E-state index contributed by atoms with van der Waals surface area (Å²) >= 11 is 0. The van der Waals surface area contributed by atoms with E-state index >= 15 is 0 Å². The normalized spacial score (nSPS) is 21.5. The van der Waals surface area contributed by atoms with E-state index in [2.05, 4.69) is 10.2 Å². The standard InChI is InChI=1S/C17H19N3O5S/c21-16(20(13-3-4-13)14-7-8-26(22,23)10-14)9-24-15-5-1-12(2-6-15)17-19-18-11-25-17/h1-2,5-6,11,13-14H,3-4,7-10H2/t14-/m0/s1. The average Bonchev–Trinajstić information content (AvgIpc) is 3.16. The van der Waals surface area contributed by atoms with Crippen molar-refractivity contribution in [3.05, 3.63) is 30.7 Å². The van der Waals surface area contributed by atoms with Crippen LogP contribution < -0.4 is 4.74 Å². The highest BCUT2D eigenvalue weighted by Crippen LogP contribution is 2.32. The number of ether oxygens (including phenoxy) is 1. The maximum Gasteiger partial charge on any atom is 0.261 e. The molecule has 0 N–H and O–H groups in total. The van der Waals surface area contributed by atoms with Gasteiger partial charge in [-0.05, 0) is 43.5 Å². The van der Waals surface area contributed by atoms with E-state index in [0.29, 0.717) is 18.1 Å². The molecular weight excluding hydrogens is 358 g/mol. The van der Waals surface area contributed by atoms with Crippen molar-refractivity contribution in [2.75, 3.05) is 18.1 Å². The molecule has 138 valence electrons. The van der Waals surface area contributed by atoms with E-state index in [4.69, 9.17) is 9.15 Å². The lowest BCUT2D eigenvalue weighted by atomic mass is 10.2. The van der Waals surface area contributed by atoms with Crippen LogP contribution in [0.15, 0.2) is 35.1 Å². The number of benzene rings is 1. The molecule has 0 spiro atoms. The summed E-state index contributed by atoms with van der Waals surface area (Å²) in [6.07, 6.45) is 3.64. The third kappa shape index (κ3) is 3.72. The number of aromatic nitrogens is 2. The maximum atomic E-state index is 12.6. The second-order valence-electron chi connectivity index (χ2n) is 6.65. The van der Waals surface area contributed by atoms with Crippen molar-refractivity contribution in [2.24, 2.45) is 0 Å². The molecular formula is C17H19N3O5S. The number of hydrogen-bond donors (Lipinski definition) is 0.